The standard InChI is InChI=1S/C30H32FN3/c1-23(2)29(31,24(3)4)21-20-28-32-22-34(33-28)30(25-14-8-5-9-15-25,26-16-10-6-11-17-26)27-18-12-7-13-19-27/h5-24H,1-4H3. The molecule has 0 atom stereocenters. The summed E-state index contributed by atoms with van der Waals surface area (Å²) in [6.07, 6.45) is 5.08. The molecule has 0 unspecified atom stereocenters. The fraction of sp³-hybridized carbons (Fsp3) is 0.267. The molecular weight excluding hydrogens is 421 g/mol. The van der Waals surface area contributed by atoms with E-state index >= 15 is 4.39 Å². The van der Waals surface area contributed by atoms with E-state index < -0.39 is 11.2 Å². The number of alkyl halides is 1. The van der Waals surface area contributed by atoms with Crippen LogP contribution in [0, 0.1) is 11.8 Å². The molecule has 3 nitrogen and oxygen atoms in total. The van der Waals surface area contributed by atoms with Crippen molar-refractivity contribution >= 4 is 6.08 Å². The van der Waals surface area contributed by atoms with Crippen molar-refractivity contribution in [1.29, 1.82) is 0 Å². The first-order valence-corrected chi connectivity index (χ1v) is 11.9. The smallest absolute Gasteiger partial charge is 0.173 e. The zero-order chi connectivity index (χ0) is 24.2. The summed E-state index contributed by atoms with van der Waals surface area (Å²) < 4.78 is 17.5. The van der Waals surface area contributed by atoms with E-state index in [1.54, 1.807) is 18.5 Å². The number of hydrogen-bond acceptors (Lipinski definition) is 2. The Morgan fingerprint density at radius 3 is 1.50 bits per heavy atom. The van der Waals surface area contributed by atoms with Crippen molar-refractivity contribution in [3.05, 3.63) is 126 Å². The van der Waals surface area contributed by atoms with Crippen molar-refractivity contribution in [1.82, 2.24) is 14.8 Å². The van der Waals surface area contributed by atoms with Gasteiger partial charge in [0, 0.05) is 0 Å². The Morgan fingerprint density at radius 2 is 1.12 bits per heavy atom. The molecule has 0 bridgehead atoms. The Hall–Kier alpha value is -3.53. The van der Waals surface area contributed by atoms with Gasteiger partial charge in [-0.25, -0.2) is 14.1 Å². The highest BCUT2D eigenvalue weighted by atomic mass is 19.1. The minimum Gasteiger partial charge on any atom is -0.239 e. The first-order valence-electron chi connectivity index (χ1n) is 11.9. The van der Waals surface area contributed by atoms with Crippen LogP contribution in [0.4, 0.5) is 4.39 Å². The highest BCUT2D eigenvalue weighted by Gasteiger charge is 2.40. The van der Waals surface area contributed by atoms with E-state index in [4.69, 9.17) is 5.10 Å². The molecule has 34 heavy (non-hydrogen) atoms. The van der Waals surface area contributed by atoms with E-state index in [2.05, 4.69) is 41.4 Å². The quantitative estimate of drug-likeness (QED) is 0.265. The second-order valence-electron chi connectivity index (χ2n) is 9.33. The summed E-state index contributed by atoms with van der Waals surface area (Å²) >= 11 is 0. The van der Waals surface area contributed by atoms with Crippen molar-refractivity contribution in [2.45, 2.75) is 38.9 Å². The van der Waals surface area contributed by atoms with Crippen LogP contribution < -0.4 is 0 Å². The van der Waals surface area contributed by atoms with Gasteiger partial charge in [0.2, 0.25) is 0 Å². The molecule has 0 fully saturated rings. The summed E-state index contributed by atoms with van der Waals surface area (Å²) in [6, 6.07) is 30.9. The van der Waals surface area contributed by atoms with Crippen LogP contribution >= 0.6 is 0 Å². The lowest BCUT2D eigenvalue weighted by atomic mass is 9.77. The monoisotopic (exact) mass is 453 g/mol. The third-order valence-electron chi connectivity index (χ3n) is 6.69. The Balaban J connectivity index is 1.92. The van der Waals surface area contributed by atoms with Gasteiger partial charge in [0.05, 0.1) is 0 Å². The Morgan fingerprint density at radius 1 is 0.706 bits per heavy atom. The second kappa shape index (κ2) is 9.76. The van der Waals surface area contributed by atoms with Crippen LogP contribution in [0.5, 0.6) is 0 Å². The SMILES string of the molecule is CC(C)C(F)(C=Cc1ncn(C(c2ccccc2)(c2ccccc2)c2ccccc2)n1)C(C)C. The van der Waals surface area contributed by atoms with Gasteiger partial charge in [0.1, 0.15) is 17.5 Å². The molecular formula is C30H32FN3. The van der Waals surface area contributed by atoms with Gasteiger partial charge < -0.3 is 0 Å². The normalized spacial score (nSPS) is 12.7. The number of benzene rings is 3. The molecule has 0 aliphatic heterocycles. The van der Waals surface area contributed by atoms with E-state index in [0.29, 0.717) is 5.82 Å². The molecule has 4 aromatic rings. The van der Waals surface area contributed by atoms with Crippen LogP contribution in [0.2, 0.25) is 0 Å². The summed E-state index contributed by atoms with van der Waals surface area (Å²) in [5, 5.41) is 4.89. The van der Waals surface area contributed by atoms with Gasteiger partial charge in [-0.1, -0.05) is 119 Å². The predicted molar refractivity (Wildman–Crippen MR) is 137 cm³/mol. The Kier molecular flexibility index (Phi) is 6.78. The van der Waals surface area contributed by atoms with Crippen LogP contribution in [-0.4, -0.2) is 20.4 Å². The van der Waals surface area contributed by atoms with Gasteiger partial charge in [-0.15, -0.1) is 0 Å². The second-order valence-corrected chi connectivity index (χ2v) is 9.33. The lowest BCUT2D eigenvalue weighted by molar-refractivity contribution is 0.102. The van der Waals surface area contributed by atoms with Gasteiger partial charge in [0.25, 0.3) is 0 Å². The average Bonchev–Trinajstić information content (AvgIpc) is 3.34. The van der Waals surface area contributed by atoms with E-state index in [0.717, 1.165) is 16.7 Å². The number of hydrogen-bond donors (Lipinski definition) is 0. The maximum absolute atomic E-state index is 15.6. The van der Waals surface area contributed by atoms with Crippen molar-refractivity contribution in [2.24, 2.45) is 11.8 Å². The van der Waals surface area contributed by atoms with Crippen LogP contribution in [0.25, 0.3) is 6.08 Å². The van der Waals surface area contributed by atoms with Gasteiger partial charge in [-0.05, 0) is 40.7 Å². The maximum Gasteiger partial charge on any atom is 0.173 e. The molecule has 0 spiro atoms. The molecule has 4 rings (SSSR count). The van der Waals surface area contributed by atoms with Crippen LogP contribution in [0.1, 0.15) is 50.2 Å². The molecule has 0 radical (unpaired) electrons. The topological polar surface area (TPSA) is 30.7 Å². The zero-order valence-corrected chi connectivity index (χ0v) is 20.3. The summed E-state index contributed by atoms with van der Waals surface area (Å²) in [6.45, 7) is 7.62. The first-order chi connectivity index (χ1) is 16.4. The third kappa shape index (κ3) is 4.21. The van der Waals surface area contributed by atoms with Crippen molar-refractivity contribution in [3.63, 3.8) is 0 Å². The highest BCUT2D eigenvalue weighted by molar-refractivity contribution is 5.51. The van der Waals surface area contributed by atoms with Crippen molar-refractivity contribution in [3.8, 4) is 0 Å². The van der Waals surface area contributed by atoms with Crippen molar-refractivity contribution in [2.75, 3.05) is 0 Å². The fourth-order valence-corrected chi connectivity index (χ4v) is 4.70. The van der Waals surface area contributed by atoms with Gasteiger partial charge in [-0.3, -0.25) is 0 Å². The average molecular weight is 454 g/mol. The molecule has 0 saturated heterocycles. The summed E-state index contributed by atoms with van der Waals surface area (Å²) in [7, 11) is 0. The highest BCUT2D eigenvalue weighted by Crippen LogP contribution is 2.40. The van der Waals surface area contributed by atoms with Crippen molar-refractivity contribution < 1.29 is 4.39 Å². The fourth-order valence-electron chi connectivity index (χ4n) is 4.70. The van der Waals surface area contributed by atoms with E-state index in [1.165, 1.54) is 0 Å². The first kappa shape index (κ1) is 23.6. The van der Waals surface area contributed by atoms with Gasteiger partial charge in [-0.2, -0.15) is 5.10 Å². The van der Waals surface area contributed by atoms with Crippen LogP contribution in [0.15, 0.2) is 103 Å². The third-order valence-corrected chi connectivity index (χ3v) is 6.69. The lowest BCUT2D eigenvalue weighted by Gasteiger charge is -2.35. The molecule has 1 aromatic heterocycles. The molecule has 0 saturated carbocycles. The summed E-state index contributed by atoms with van der Waals surface area (Å²) in [5.41, 5.74) is 1.04. The van der Waals surface area contributed by atoms with Gasteiger partial charge >= 0.3 is 0 Å². The van der Waals surface area contributed by atoms with E-state index in [9.17, 15) is 0 Å². The summed E-state index contributed by atoms with van der Waals surface area (Å²) in [5.74, 6) is 0.182. The molecule has 3 aromatic carbocycles. The molecule has 0 aliphatic rings. The Labute approximate surface area is 202 Å². The number of halogens is 1. The van der Waals surface area contributed by atoms with Gasteiger partial charge in [0.15, 0.2) is 5.82 Å². The molecule has 0 amide bonds. The number of aromatic nitrogens is 3. The Bertz CT molecular complexity index is 1110. The predicted octanol–water partition coefficient (Wildman–Crippen LogP) is 7.15. The summed E-state index contributed by atoms with van der Waals surface area (Å²) in [4.78, 5) is 4.58. The maximum atomic E-state index is 15.6. The lowest BCUT2D eigenvalue weighted by Crippen LogP contribution is -2.38. The molecule has 4 heteroatoms. The number of nitrogens with zero attached hydrogens (tertiary/aromatic N) is 3. The zero-order valence-electron chi connectivity index (χ0n) is 20.3. The molecule has 0 aliphatic carbocycles. The van der Waals surface area contributed by atoms with Crippen LogP contribution in [0.3, 0.4) is 0 Å². The largest absolute Gasteiger partial charge is 0.239 e. The minimum atomic E-state index is -1.43. The molecule has 1 heterocycles. The molecule has 0 N–H and O–H groups in total. The number of rotatable bonds is 8. The molecule has 174 valence electrons. The minimum absolute atomic E-state index is 0.150. The van der Waals surface area contributed by atoms with Crippen LogP contribution in [-0.2, 0) is 5.54 Å². The number of allylic oxidation sites excluding steroid dienone is 1. The van der Waals surface area contributed by atoms with E-state index in [-0.39, 0.29) is 11.8 Å². The van der Waals surface area contributed by atoms with E-state index in [1.807, 2.05) is 87.0 Å².